The summed E-state index contributed by atoms with van der Waals surface area (Å²) in [5, 5.41) is 0. The molecule has 0 saturated carbocycles. The van der Waals surface area contributed by atoms with Gasteiger partial charge in [0.1, 0.15) is 11.6 Å². The van der Waals surface area contributed by atoms with Crippen LogP contribution in [0.1, 0.15) is 11.1 Å². The zero-order valence-corrected chi connectivity index (χ0v) is 12.2. The minimum Gasteiger partial charge on any atom is -0.396 e. The van der Waals surface area contributed by atoms with Crippen molar-refractivity contribution in [3.05, 3.63) is 53.1 Å². The molecule has 0 aliphatic carbocycles. The maximum atomic E-state index is 13.7. The predicted molar refractivity (Wildman–Crippen MR) is 71.3 cm³/mol. The molecule has 0 heterocycles. The van der Waals surface area contributed by atoms with E-state index in [4.69, 9.17) is 5.73 Å². The fourth-order valence-corrected chi connectivity index (χ4v) is 2.68. The monoisotopic (exact) mass is 373 g/mol. The smallest absolute Gasteiger partial charge is 0.396 e. The lowest BCUT2D eigenvalue weighted by molar-refractivity contribution is -0.143. The van der Waals surface area contributed by atoms with Gasteiger partial charge in [-0.15, -0.1) is 0 Å². The van der Waals surface area contributed by atoms with Gasteiger partial charge in [-0.1, -0.05) is 11.8 Å². The molecule has 0 radical (unpaired) electrons. The molecule has 1 nitrogen and oxygen atoms in total. The maximum Gasteiger partial charge on any atom is 0.416 e. The van der Waals surface area contributed by atoms with Crippen LogP contribution in [-0.2, 0) is 12.4 Å². The Balaban J connectivity index is 2.52. The zero-order valence-electron chi connectivity index (χ0n) is 11.4. The van der Waals surface area contributed by atoms with Crippen LogP contribution < -0.4 is 5.73 Å². The SMILES string of the molecule is Nc1cc(F)c(Sc2cc(C(F)(F)F)cc(C(F)(F)F)c2)cc1F. The second-order valence-corrected chi connectivity index (χ2v) is 5.76. The molecule has 130 valence electrons. The molecule has 2 N–H and O–H groups in total. The van der Waals surface area contributed by atoms with Crippen LogP contribution in [0, 0.1) is 11.6 Å². The van der Waals surface area contributed by atoms with Crippen molar-refractivity contribution in [2.75, 3.05) is 5.73 Å². The Morgan fingerprint density at radius 3 is 1.67 bits per heavy atom. The number of benzene rings is 2. The van der Waals surface area contributed by atoms with Gasteiger partial charge >= 0.3 is 12.4 Å². The number of hydrogen-bond donors (Lipinski definition) is 1. The number of alkyl halides is 6. The highest BCUT2D eigenvalue weighted by atomic mass is 32.2. The Bertz CT molecular complexity index is 734. The summed E-state index contributed by atoms with van der Waals surface area (Å²) in [6.07, 6.45) is -10.1. The molecule has 0 unspecified atom stereocenters. The van der Waals surface area contributed by atoms with E-state index in [1.807, 2.05) is 0 Å². The van der Waals surface area contributed by atoms with E-state index in [9.17, 15) is 35.1 Å². The molecule has 2 aromatic rings. The Kier molecular flexibility index (Phi) is 4.71. The highest BCUT2D eigenvalue weighted by Crippen LogP contribution is 2.40. The van der Waals surface area contributed by atoms with Crippen molar-refractivity contribution in [3.8, 4) is 0 Å². The average Bonchev–Trinajstić information content (AvgIpc) is 2.42. The van der Waals surface area contributed by atoms with Crippen molar-refractivity contribution >= 4 is 17.4 Å². The predicted octanol–water partition coefficient (Wildman–Crippen LogP) is 5.74. The van der Waals surface area contributed by atoms with Crippen molar-refractivity contribution in [1.82, 2.24) is 0 Å². The third kappa shape index (κ3) is 4.11. The van der Waals surface area contributed by atoms with Crippen LogP contribution in [0.2, 0.25) is 0 Å². The van der Waals surface area contributed by atoms with E-state index >= 15 is 0 Å². The van der Waals surface area contributed by atoms with Gasteiger partial charge in [0, 0.05) is 11.0 Å². The van der Waals surface area contributed by atoms with Gasteiger partial charge in [0.2, 0.25) is 0 Å². The normalized spacial score (nSPS) is 12.5. The standard InChI is InChI=1S/C14H7F8NS/c15-9-5-12(10(16)4-11(9)23)24-8-2-6(13(17,18)19)1-7(3-8)14(20,21)22/h1-5H,23H2. The molecule has 0 spiro atoms. The van der Waals surface area contributed by atoms with Gasteiger partial charge in [-0.3, -0.25) is 0 Å². The van der Waals surface area contributed by atoms with E-state index in [1.54, 1.807) is 0 Å². The molecular weight excluding hydrogens is 366 g/mol. The van der Waals surface area contributed by atoms with Gasteiger partial charge in [0.25, 0.3) is 0 Å². The van der Waals surface area contributed by atoms with Crippen molar-refractivity contribution < 1.29 is 35.1 Å². The highest BCUT2D eigenvalue weighted by molar-refractivity contribution is 7.99. The Hall–Kier alpha value is -1.97. The molecule has 2 rings (SSSR count). The minimum absolute atomic E-state index is 0.0516. The molecule has 0 bridgehead atoms. The van der Waals surface area contributed by atoms with E-state index in [0.29, 0.717) is 24.3 Å². The summed E-state index contributed by atoms with van der Waals surface area (Å²) in [6.45, 7) is 0. The summed E-state index contributed by atoms with van der Waals surface area (Å²) < 4.78 is 103. The van der Waals surface area contributed by atoms with Crippen LogP contribution in [-0.4, -0.2) is 0 Å². The molecule has 0 atom stereocenters. The number of rotatable bonds is 2. The third-order valence-electron chi connectivity index (χ3n) is 2.84. The molecule has 24 heavy (non-hydrogen) atoms. The van der Waals surface area contributed by atoms with Crippen LogP contribution in [0.3, 0.4) is 0 Å². The summed E-state index contributed by atoms with van der Waals surface area (Å²) in [4.78, 5) is -1.03. The van der Waals surface area contributed by atoms with Crippen molar-refractivity contribution in [3.63, 3.8) is 0 Å². The Morgan fingerprint density at radius 2 is 1.21 bits per heavy atom. The summed E-state index contributed by atoms with van der Waals surface area (Å²) >= 11 is 0.227. The van der Waals surface area contributed by atoms with Crippen LogP contribution in [0.4, 0.5) is 40.8 Å². The van der Waals surface area contributed by atoms with Crippen LogP contribution in [0.5, 0.6) is 0 Å². The molecule has 0 aliphatic heterocycles. The van der Waals surface area contributed by atoms with E-state index in [0.717, 1.165) is 0 Å². The van der Waals surface area contributed by atoms with Crippen molar-refractivity contribution in [1.29, 1.82) is 0 Å². The number of hydrogen-bond acceptors (Lipinski definition) is 2. The van der Waals surface area contributed by atoms with Gasteiger partial charge in [-0.2, -0.15) is 26.3 Å². The highest BCUT2D eigenvalue weighted by Gasteiger charge is 2.37. The maximum absolute atomic E-state index is 13.7. The summed E-state index contributed by atoms with van der Waals surface area (Å²) in [5.74, 6) is -2.10. The zero-order chi connectivity index (χ0) is 18.3. The van der Waals surface area contributed by atoms with Gasteiger partial charge in [-0.05, 0) is 24.3 Å². The first-order chi connectivity index (χ1) is 10.9. The minimum atomic E-state index is -5.03. The fraction of sp³-hybridized carbons (Fsp3) is 0.143. The lowest BCUT2D eigenvalue weighted by atomic mass is 10.1. The third-order valence-corrected chi connectivity index (χ3v) is 3.84. The molecular formula is C14H7F8NS. The number of nitrogen functional groups attached to an aromatic ring is 1. The van der Waals surface area contributed by atoms with Gasteiger partial charge in [0.05, 0.1) is 21.7 Å². The second kappa shape index (κ2) is 6.15. The lowest BCUT2D eigenvalue weighted by Gasteiger charge is -2.14. The molecule has 0 amide bonds. The lowest BCUT2D eigenvalue weighted by Crippen LogP contribution is -2.11. The Labute approximate surface area is 134 Å². The van der Waals surface area contributed by atoms with Crippen LogP contribution in [0.15, 0.2) is 40.1 Å². The van der Waals surface area contributed by atoms with E-state index in [1.165, 1.54) is 0 Å². The van der Waals surface area contributed by atoms with Gasteiger partial charge in [0.15, 0.2) is 0 Å². The molecule has 0 aromatic heterocycles. The summed E-state index contributed by atoms with van der Waals surface area (Å²) in [5.41, 5.74) is 1.50. The summed E-state index contributed by atoms with van der Waals surface area (Å²) in [7, 11) is 0. The van der Waals surface area contributed by atoms with E-state index < -0.39 is 50.6 Å². The Morgan fingerprint density at radius 1 is 0.708 bits per heavy atom. The van der Waals surface area contributed by atoms with Crippen molar-refractivity contribution in [2.24, 2.45) is 0 Å². The molecule has 10 heteroatoms. The van der Waals surface area contributed by atoms with E-state index in [2.05, 4.69) is 0 Å². The van der Waals surface area contributed by atoms with Gasteiger partial charge in [-0.25, -0.2) is 8.78 Å². The fourth-order valence-electron chi connectivity index (χ4n) is 1.73. The number of anilines is 1. The molecule has 0 saturated heterocycles. The molecule has 0 fully saturated rings. The quantitative estimate of drug-likeness (QED) is 0.537. The van der Waals surface area contributed by atoms with Crippen LogP contribution >= 0.6 is 11.8 Å². The second-order valence-electron chi connectivity index (χ2n) is 4.65. The first-order valence-electron chi connectivity index (χ1n) is 6.10. The largest absolute Gasteiger partial charge is 0.416 e. The summed E-state index contributed by atoms with van der Waals surface area (Å²) in [6, 6.07) is 1.99. The number of halogens is 8. The van der Waals surface area contributed by atoms with E-state index in [-0.39, 0.29) is 17.8 Å². The van der Waals surface area contributed by atoms with Crippen molar-refractivity contribution in [2.45, 2.75) is 22.1 Å². The van der Waals surface area contributed by atoms with Crippen LogP contribution in [0.25, 0.3) is 0 Å². The first-order valence-corrected chi connectivity index (χ1v) is 6.91. The van der Waals surface area contributed by atoms with Gasteiger partial charge < -0.3 is 5.73 Å². The topological polar surface area (TPSA) is 26.0 Å². The number of nitrogens with two attached hydrogens (primary N) is 1. The first kappa shape index (κ1) is 18.4. The molecule has 0 aliphatic rings. The molecule has 2 aromatic carbocycles. The average molecular weight is 373 g/mol.